The first-order valence-electron chi connectivity index (χ1n) is 6.61. The minimum atomic E-state index is 0.250. The molecule has 4 heteroatoms. The molecule has 1 aromatic carbocycles. The number of fused-ring (bicyclic) bond motifs is 1. The van der Waals surface area contributed by atoms with Crippen LogP contribution in [0.3, 0.4) is 0 Å². The van der Waals surface area contributed by atoms with Crippen molar-refractivity contribution in [2.45, 2.75) is 20.3 Å². The third-order valence-electron chi connectivity index (χ3n) is 2.99. The molecule has 1 aromatic heterocycles. The number of hydrogen-bond donors (Lipinski definition) is 2. The van der Waals surface area contributed by atoms with Crippen molar-refractivity contribution in [1.82, 2.24) is 5.32 Å². The minimum Gasteiger partial charge on any atom is -0.397 e. The van der Waals surface area contributed by atoms with E-state index in [0.29, 0.717) is 0 Å². The van der Waals surface area contributed by atoms with Crippen LogP contribution in [0.2, 0.25) is 0 Å². The molecule has 0 fully saturated rings. The number of benzene rings is 1. The second kappa shape index (κ2) is 6.68. The molecule has 3 nitrogen and oxygen atoms in total. The molecular formula is C15H20N2OS. The van der Waals surface area contributed by atoms with Gasteiger partial charge in [0.2, 0.25) is 0 Å². The quantitative estimate of drug-likeness (QED) is 0.886. The van der Waals surface area contributed by atoms with Crippen LogP contribution < -0.4 is 5.32 Å². The van der Waals surface area contributed by atoms with E-state index in [-0.39, 0.29) is 6.61 Å². The number of hydrogen-bond acceptors (Lipinski definition) is 4. The maximum atomic E-state index is 7.57. The van der Waals surface area contributed by atoms with Gasteiger partial charge in [0.25, 0.3) is 0 Å². The van der Waals surface area contributed by atoms with Crippen molar-refractivity contribution in [2.24, 2.45) is 4.99 Å². The first kappa shape index (κ1) is 14.0. The van der Waals surface area contributed by atoms with Gasteiger partial charge in [0.1, 0.15) is 5.84 Å². The van der Waals surface area contributed by atoms with Gasteiger partial charge >= 0.3 is 0 Å². The van der Waals surface area contributed by atoms with Crippen LogP contribution in [0, 0.1) is 6.92 Å². The first-order chi connectivity index (χ1) is 9.26. The fourth-order valence-corrected chi connectivity index (χ4v) is 3.26. The lowest BCUT2D eigenvalue weighted by Gasteiger charge is -2.02. The van der Waals surface area contributed by atoms with Crippen LogP contribution in [0.25, 0.3) is 10.1 Å². The molecule has 2 heterocycles. The number of rotatable bonds is 2. The van der Waals surface area contributed by atoms with Crippen LogP contribution in [0.1, 0.15) is 17.4 Å². The highest BCUT2D eigenvalue weighted by atomic mass is 32.1. The zero-order valence-corrected chi connectivity index (χ0v) is 12.3. The van der Waals surface area contributed by atoms with Gasteiger partial charge in [-0.05, 0) is 30.9 Å². The number of aliphatic hydroxyl groups is 1. The molecule has 2 aromatic rings. The van der Waals surface area contributed by atoms with E-state index in [4.69, 9.17) is 5.11 Å². The predicted molar refractivity (Wildman–Crippen MR) is 83.3 cm³/mol. The molecule has 102 valence electrons. The molecular weight excluding hydrogens is 256 g/mol. The van der Waals surface area contributed by atoms with Crippen molar-refractivity contribution in [3.8, 4) is 0 Å². The summed E-state index contributed by atoms with van der Waals surface area (Å²) < 4.78 is 1.38. The molecule has 0 amide bonds. The van der Waals surface area contributed by atoms with Gasteiger partial charge in [-0.3, -0.25) is 4.99 Å². The van der Waals surface area contributed by atoms with E-state index < -0.39 is 0 Å². The highest BCUT2D eigenvalue weighted by Crippen LogP contribution is 2.30. The molecule has 0 unspecified atom stereocenters. The Morgan fingerprint density at radius 1 is 1.37 bits per heavy atom. The van der Waals surface area contributed by atoms with Crippen molar-refractivity contribution < 1.29 is 5.11 Å². The minimum absolute atomic E-state index is 0.250. The Balaban J connectivity index is 0.000000408. The molecule has 1 aliphatic rings. The Labute approximate surface area is 118 Å². The second-order valence-corrected chi connectivity index (χ2v) is 5.64. The molecule has 1 aliphatic heterocycles. The molecule has 0 bridgehead atoms. The van der Waals surface area contributed by atoms with Crippen LogP contribution >= 0.6 is 11.3 Å². The van der Waals surface area contributed by atoms with Crippen LogP contribution in [0.5, 0.6) is 0 Å². The van der Waals surface area contributed by atoms with Gasteiger partial charge in [0.15, 0.2) is 0 Å². The summed E-state index contributed by atoms with van der Waals surface area (Å²) in [7, 11) is 0. The summed E-state index contributed by atoms with van der Waals surface area (Å²) in [6.45, 7) is 6.06. The Hall–Kier alpha value is -1.39. The summed E-state index contributed by atoms with van der Waals surface area (Å²) in [5.74, 6) is 1.15. The average Bonchev–Trinajstić information content (AvgIpc) is 3.00. The molecule has 3 rings (SSSR count). The highest BCUT2D eigenvalue weighted by molar-refractivity contribution is 7.19. The van der Waals surface area contributed by atoms with E-state index in [0.717, 1.165) is 25.3 Å². The number of nitrogens with zero attached hydrogens (tertiary/aromatic N) is 1. The van der Waals surface area contributed by atoms with Crippen LogP contribution in [0.15, 0.2) is 29.3 Å². The number of thiophene rings is 1. The number of aryl methyl sites for hydroxylation is 1. The molecule has 0 saturated carbocycles. The van der Waals surface area contributed by atoms with Gasteiger partial charge in [0, 0.05) is 29.1 Å². The Morgan fingerprint density at radius 3 is 2.79 bits per heavy atom. The molecule has 2 N–H and O–H groups in total. The summed E-state index contributed by atoms with van der Waals surface area (Å²) >= 11 is 1.88. The smallest absolute Gasteiger partial charge is 0.101 e. The molecule has 0 spiro atoms. The molecule has 19 heavy (non-hydrogen) atoms. The lowest BCUT2D eigenvalue weighted by atomic mass is 10.1. The molecule has 0 aliphatic carbocycles. The average molecular weight is 276 g/mol. The third-order valence-corrected chi connectivity index (χ3v) is 4.12. The van der Waals surface area contributed by atoms with E-state index in [1.807, 2.05) is 11.3 Å². The maximum absolute atomic E-state index is 7.57. The number of amidine groups is 1. The summed E-state index contributed by atoms with van der Waals surface area (Å²) in [6, 6.07) is 8.62. The third kappa shape index (κ3) is 3.33. The second-order valence-electron chi connectivity index (χ2n) is 4.38. The zero-order valence-electron chi connectivity index (χ0n) is 11.4. The van der Waals surface area contributed by atoms with E-state index in [9.17, 15) is 0 Å². The van der Waals surface area contributed by atoms with Gasteiger partial charge in [0.05, 0.1) is 6.54 Å². The first-order valence-corrected chi connectivity index (χ1v) is 7.43. The van der Waals surface area contributed by atoms with Gasteiger partial charge in [-0.2, -0.15) is 0 Å². The van der Waals surface area contributed by atoms with Crippen molar-refractivity contribution in [1.29, 1.82) is 0 Å². The number of aliphatic imine (C=N–C) groups is 1. The largest absolute Gasteiger partial charge is 0.397 e. The van der Waals surface area contributed by atoms with E-state index >= 15 is 0 Å². The summed E-state index contributed by atoms with van der Waals surface area (Å²) in [5, 5.41) is 12.3. The molecule has 0 radical (unpaired) electrons. The maximum Gasteiger partial charge on any atom is 0.101 e. The fraction of sp³-hybridized carbons (Fsp3) is 0.400. The van der Waals surface area contributed by atoms with Crippen molar-refractivity contribution in [3.63, 3.8) is 0 Å². The lowest BCUT2D eigenvalue weighted by Crippen LogP contribution is -2.20. The topological polar surface area (TPSA) is 44.6 Å². The predicted octanol–water partition coefficient (Wildman–Crippen LogP) is 2.75. The van der Waals surface area contributed by atoms with Gasteiger partial charge in [-0.25, -0.2) is 0 Å². The zero-order chi connectivity index (χ0) is 13.7. The number of nitrogens with one attached hydrogen (secondary N) is 1. The highest BCUT2D eigenvalue weighted by Gasteiger charge is 2.12. The molecule has 0 atom stereocenters. The van der Waals surface area contributed by atoms with Gasteiger partial charge < -0.3 is 10.4 Å². The van der Waals surface area contributed by atoms with Gasteiger partial charge in [-0.1, -0.05) is 18.2 Å². The summed E-state index contributed by atoms with van der Waals surface area (Å²) in [4.78, 5) is 5.88. The molecule has 0 saturated heterocycles. The van der Waals surface area contributed by atoms with Gasteiger partial charge in [-0.15, -0.1) is 11.3 Å². The Bertz CT molecular complexity index is 575. The Kier molecular flexibility index (Phi) is 4.93. The van der Waals surface area contributed by atoms with Crippen molar-refractivity contribution in [2.75, 3.05) is 19.7 Å². The van der Waals surface area contributed by atoms with Crippen molar-refractivity contribution >= 4 is 27.3 Å². The summed E-state index contributed by atoms with van der Waals surface area (Å²) in [6.07, 6.45) is 0.954. The normalized spacial score (nSPS) is 13.7. The van der Waals surface area contributed by atoms with Crippen LogP contribution in [-0.2, 0) is 6.42 Å². The standard InChI is InChI=1S/C13H14N2S.C2H6O/c1-9-11(8-13-14-6-7-15-13)10-4-2-3-5-12(10)16-9;1-2-3/h2-5H,6-8H2,1H3,(H,14,15);3H,2H2,1H3. The van der Waals surface area contributed by atoms with Crippen molar-refractivity contribution in [3.05, 3.63) is 34.7 Å². The SMILES string of the molecule is CCO.Cc1sc2ccccc2c1CC1=NCCN1. The summed E-state index contributed by atoms with van der Waals surface area (Å²) in [5.41, 5.74) is 1.44. The van der Waals surface area contributed by atoms with Crippen LogP contribution in [0.4, 0.5) is 0 Å². The fourth-order valence-electron chi connectivity index (χ4n) is 2.17. The van der Waals surface area contributed by atoms with E-state index in [1.165, 1.54) is 20.5 Å². The monoisotopic (exact) mass is 276 g/mol. The van der Waals surface area contributed by atoms with Crippen LogP contribution in [-0.4, -0.2) is 30.6 Å². The van der Waals surface area contributed by atoms with E-state index in [2.05, 4.69) is 41.5 Å². The number of aliphatic hydroxyl groups excluding tert-OH is 1. The lowest BCUT2D eigenvalue weighted by molar-refractivity contribution is 0.318. The van der Waals surface area contributed by atoms with E-state index in [1.54, 1.807) is 6.92 Å². The Morgan fingerprint density at radius 2 is 2.11 bits per heavy atom.